The molecular formula is C21H14Cl2F3N5. The molecule has 2 heterocycles. The van der Waals surface area contributed by atoms with Crippen LogP contribution < -0.4 is 5.43 Å². The van der Waals surface area contributed by atoms with Gasteiger partial charge in [0, 0.05) is 16.6 Å². The Labute approximate surface area is 185 Å². The molecule has 0 aliphatic carbocycles. The Balaban J connectivity index is 1.63. The fourth-order valence-corrected chi connectivity index (χ4v) is 3.52. The summed E-state index contributed by atoms with van der Waals surface area (Å²) < 4.78 is 40.3. The summed E-state index contributed by atoms with van der Waals surface area (Å²) in [6.07, 6.45) is -1.37. The predicted octanol–water partition coefficient (Wildman–Crippen LogP) is 6.50. The first-order valence-electron chi connectivity index (χ1n) is 9.00. The van der Waals surface area contributed by atoms with Crippen molar-refractivity contribution in [2.45, 2.75) is 13.1 Å². The third-order valence-electron chi connectivity index (χ3n) is 4.55. The summed E-state index contributed by atoms with van der Waals surface area (Å²) in [5, 5.41) is 10.0. The van der Waals surface area contributed by atoms with Crippen LogP contribution in [0.15, 0.2) is 59.8 Å². The van der Waals surface area contributed by atoms with Crippen molar-refractivity contribution >= 4 is 46.0 Å². The summed E-state index contributed by atoms with van der Waals surface area (Å²) in [5.41, 5.74) is 4.76. The van der Waals surface area contributed by atoms with Gasteiger partial charge < -0.3 is 0 Å². The van der Waals surface area contributed by atoms with Gasteiger partial charge in [0.25, 0.3) is 0 Å². The number of nitrogens with zero attached hydrogens (tertiary/aromatic N) is 4. The molecule has 0 aliphatic heterocycles. The third-order valence-corrected chi connectivity index (χ3v) is 5.15. The standard InChI is InChI=1S/C21H14Cl2F3N5/c1-12-17(11-28-29-18-7-8-27-19-10-14(22)5-6-16(18)19)20(23)31(30-12)15-4-2-3-13(9-15)21(24,25)26/h2-11H,1H3,(H,27,29). The maximum Gasteiger partial charge on any atom is 0.416 e. The molecule has 0 bridgehead atoms. The van der Waals surface area contributed by atoms with Gasteiger partial charge in [-0.1, -0.05) is 29.3 Å². The zero-order valence-corrected chi connectivity index (χ0v) is 17.5. The minimum atomic E-state index is -4.46. The number of rotatable bonds is 4. The van der Waals surface area contributed by atoms with Crippen LogP contribution in [0.4, 0.5) is 18.9 Å². The fraction of sp³-hybridized carbons (Fsp3) is 0.0952. The molecule has 0 unspecified atom stereocenters. The van der Waals surface area contributed by atoms with Crippen molar-refractivity contribution in [3.8, 4) is 5.69 Å². The number of alkyl halides is 3. The van der Waals surface area contributed by atoms with Crippen LogP contribution in [0.2, 0.25) is 10.2 Å². The zero-order valence-electron chi connectivity index (χ0n) is 16.0. The minimum Gasteiger partial charge on any atom is -0.278 e. The number of hydrazone groups is 1. The Morgan fingerprint density at radius 3 is 2.68 bits per heavy atom. The first-order chi connectivity index (χ1) is 14.7. The molecular weight excluding hydrogens is 450 g/mol. The van der Waals surface area contributed by atoms with Gasteiger partial charge in [-0.2, -0.15) is 23.4 Å². The molecule has 5 nitrogen and oxygen atoms in total. The lowest BCUT2D eigenvalue weighted by molar-refractivity contribution is -0.137. The third kappa shape index (κ3) is 4.35. The highest BCUT2D eigenvalue weighted by atomic mass is 35.5. The van der Waals surface area contributed by atoms with Gasteiger partial charge in [0.2, 0.25) is 0 Å². The molecule has 2 aromatic carbocycles. The Hall–Kier alpha value is -3.10. The largest absolute Gasteiger partial charge is 0.416 e. The smallest absolute Gasteiger partial charge is 0.278 e. The van der Waals surface area contributed by atoms with Gasteiger partial charge in [-0.3, -0.25) is 10.4 Å². The van der Waals surface area contributed by atoms with Crippen LogP contribution >= 0.6 is 23.2 Å². The molecule has 1 N–H and O–H groups in total. The van der Waals surface area contributed by atoms with E-state index in [0.29, 0.717) is 27.5 Å². The number of anilines is 1. The van der Waals surface area contributed by atoms with E-state index >= 15 is 0 Å². The van der Waals surface area contributed by atoms with E-state index in [1.807, 2.05) is 6.07 Å². The molecule has 31 heavy (non-hydrogen) atoms. The molecule has 4 aromatic rings. The topological polar surface area (TPSA) is 55.1 Å². The van der Waals surface area contributed by atoms with E-state index in [2.05, 4.69) is 20.6 Å². The fourth-order valence-electron chi connectivity index (χ4n) is 3.03. The van der Waals surface area contributed by atoms with E-state index in [0.717, 1.165) is 17.5 Å². The van der Waals surface area contributed by atoms with Crippen molar-refractivity contribution in [2.24, 2.45) is 5.10 Å². The van der Waals surface area contributed by atoms with E-state index < -0.39 is 11.7 Å². The second-order valence-electron chi connectivity index (χ2n) is 6.64. The SMILES string of the molecule is Cc1nn(-c2cccc(C(F)(F)F)c2)c(Cl)c1C=NNc1ccnc2cc(Cl)ccc12. The molecule has 0 amide bonds. The maximum atomic E-state index is 13.0. The Bertz CT molecular complexity index is 1300. The Morgan fingerprint density at radius 2 is 1.90 bits per heavy atom. The second-order valence-corrected chi connectivity index (χ2v) is 7.43. The van der Waals surface area contributed by atoms with Gasteiger partial charge in [0.05, 0.1) is 39.9 Å². The average Bonchev–Trinajstić information content (AvgIpc) is 3.01. The summed E-state index contributed by atoms with van der Waals surface area (Å²) >= 11 is 12.4. The summed E-state index contributed by atoms with van der Waals surface area (Å²) in [6, 6.07) is 11.9. The molecule has 0 atom stereocenters. The molecule has 0 spiro atoms. The number of halogens is 5. The zero-order chi connectivity index (χ0) is 22.2. The van der Waals surface area contributed by atoms with E-state index in [1.54, 1.807) is 31.3 Å². The molecule has 0 saturated carbocycles. The number of aromatic nitrogens is 3. The predicted molar refractivity (Wildman–Crippen MR) is 116 cm³/mol. The molecule has 0 radical (unpaired) electrons. The Kier molecular flexibility index (Phi) is 5.60. The van der Waals surface area contributed by atoms with Crippen LogP contribution in [0.25, 0.3) is 16.6 Å². The van der Waals surface area contributed by atoms with Crippen LogP contribution in [0.1, 0.15) is 16.8 Å². The number of fused-ring (bicyclic) bond motifs is 1. The number of aryl methyl sites for hydroxylation is 1. The lowest BCUT2D eigenvalue weighted by Crippen LogP contribution is -2.06. The van der Waals surface area contributed by atoms with Crippen molar-refractivity contribution in [3.63, 3.8) is 0 Å². The van der Waals surface area contributed by atoms with Gasteiger partial charge in [0.1, 0.15) is 5.15 Å². The van der Waals surface area contributed by atoms with E-state index in [-0.39, 0.29) is 10.8 Å². The van der Waals surface area contributed by atoms with Gasteiger partial charge in [-0.05, 0) is 49.4 Å². The first kappa shape index (κ1) is 21.1. The highest BCUT2D eigenvalue weighted by Crippen LogP contribution is 2.31. The van der Waals surface area contributed by atoms with E-state index in [1.165, 1.54) is 23.0 Å². The molecule has 2 aromatic heterocycles. The number of nitrogens with one attached hydrogen (secondary N) is 1. The van der Waals surface area contributed by atoms with Gasteiger partial charge >= 0.3 is 6.18 Å². The van der Waals surface area contributed by atoms with Crippen molar-refractivity contribution in [2.75, 3.05) is 5.43 Å². The van der Waals surface area contributed by atoms with Crippen molar-refractivity contribution < 1.29 is 13.2 Å². The number of pyridine rings is 1. The molecule has 158 valence electrons. The maximum absolute atomic E-state index is 13.0. The van der Waals surface area contributed by atoms with Crippen LogP contribution in [-0.4, -0.2) is 21.0 Å². The summed E-state index contributed by atoms with van der Waals surface area (Å²) in [6.45, 7) is 1.70. The van der Waals surface area contributed by atoms with Gasteiger partial charge in [0.15, 0.2) is 0 Å². The quantitative estimate of drug-likeness (QED) is 0.277. The lowest BCUT2D eigenvalue weighted by atomic mass is 10.2. The van der Waals surface area contributed by atoms with Gasteiger partial charge in [-0.25, -0.2) is 4.68 Å². The van der Waals surface area contributed by atoms with Crippen LogP contribution in [0.5, 0.6) is 0 Å². The van der Waals surface area contributed by atoms with Crippen molar-refractivity contribution in [1.82, 2.24) is 14.8 Å². The minimum absolute atomic E-state index is 0.147. The van der Waals surface area contributed by atoms with E-state index in [4.69, 9.17) is 23.2 Å². The van der Waals surface area contributed by atoms with Crippen LogP contribution in [0, 0.1) is 6.92 Å². The van der Waals surface area contributed by atoms with Crippen LogP contribution in [0.3, 0.4) is 0 Å². The monoisotopic (exact) mass is 463 g/mol. The Morgan fingerprint density at radius 1 is 1.10 bits per heavy atom. The molecule has 0 saturated heterocycles. The number of hydrogen-bond donors (Lipinski definition) is 1. The van der Waals surface area contributed by atoms with Crippen LogP contribution in [-0.2, 0) is 6.18 Å². The summed E-state index contributed by atoms with van der Waals surface area (Å²) in [5.74, 6) is 0. The van der Waals surface area contributed by atoms with Crippen molar-refractivity contribution in [3.05, 3.63) is 81.7 Å². The summed E-state index contributed by atoms with van der Waals surface area (Å²) in [7, 11) is 0. The highest BCUT2D eigenvalue weighted by molar-refractivity contribution is 6.32. The highest BCUT2D eigenvalue weighted by Gasteiger charge is 2.30. The van der Waals surface area contributed by atoms with E-state index in [9.17, 15) is 13.2 Å². The molecule has 4 rings (SSSR count). The summed E-state index contributed by atoms with van der Waals surface area (Å²) in [4.78, 5) is 4.27. The number of benzene rings is 2. The molecule has 0 aliphatic rings. The first-order valence-corrected chi connectivity index (χ1v) is 9.76. The normalized spacial score (nSPS) is 12.1. The van der Waals surface area contributed by atoms with Gasteiger partial charge in [-0.15, -0.1) is 0 Å². The second kappa shape index (κ2) is 8.20. The average molecular weight is 464 g/mol. The molecule has 0 fully saturated rings. The number of hydrogen-bond acceptors (Lipinski definition) is 4. The molecule has 10 heteroatoms. The van der Waals surface area contributed by atoms with Crippen molar-refractivity contribution in [1.29, 1.82) is 0 Å². The lowest BCUT2D eigenvalue weighted by Gasteiger charge is -2.09.